The van der Waals surface area contributed by atoms with Crippen molar-refractivity contribution in [2.24, 2.45) is 5.10 Å². The standard InChI is InChI=1S/C23H22N2O6/c1-15-6-8-18(16(2)11-15)30-14-22(26)25-24-13-17-7-9-19(21(12-17)28-3)31-23(27)20-5-4-10-29-20/h4-13H,14H2,1-3H3,(H,25,26)/b24-13+. The predicted octanol–water partition coefficient (Wildman–Crippen LogP) is 3.65. The van der Waals surface area contributed by atoms with Gasteiger partial charge in [-0.2, -0.15) is 5.10 Å². The molecule has 0 radical (unpaired) electrons. The van der Waals surface area contributed by atoms with Gasteiger partial charge in [-0.15, -0.1) is 0 Å². The fraction of sp³-hybridized carbons (Fsp3) is 0.174. The fourth-order valence-electron chi connectivity index (χ4n) is 2.71. The fourth-order valence-corrected chi connectivity index (χ4v) is 2.71. The van der Waals surface area contributed by atoms with Gasteiger partial charge < -0.3 is 18.6 Å². The Balaban J connectivity index is 1.55. The Morgan fingerprint density at radius 3 is 2.58 bits per heavy atom. The number of carbonyl (C=O) groups excluding carboxylic acids is 2. The van der Waals surface area contributed by atoms with E-state index in [0.29, 0.717) is 17.1 Å². The van der Waals surface area contributed by atoms with Crippen molar-refractivity contribution in [1.29, 1.82) is 0 Å². The van der Waals surface area contributed by atoms with Crippen LogP contribution in [0.4, 0.5) is 0 Å². The van der Waals surface area contributed by atoms with Crippen molar-refractivity contribution >= 4 is 18.1 Å². The molecule has 0 aliphatic carbocycles. The molecule has 0 aliphatic rings. The molecule has 0 bridgehead atoms. The Kier molecular flexibility index (Phi) is 7.05. The van der Waals surface area contributed by atoms with Crippen LogP contribution in [0.15, 0.2) is 64.3 Å². The SMILES string of the molecule is COc1cc(/C=N/NC(=O)COc2ccc(C)cc2C)ccc1OC(=O)c1ccco1. The molecule has 2 aromatic carbocycles. The van der Waals surface area contributed by atoms with Crippen LogP contribution in [0.5, 0.6) is 17.2 Å². The van der Waals surface area contributed by atoms with E-state index in [0.717, 1.165) is 11.1 Å². The molecule has 0 fully saturated rings. The molecule has 31 heavy (non-hydrogen) atoms. The highest BCUT2D eigenvalue weighted by Gasteiger charge is 2.15. The van der Waals surface area contributed by atoms with Crippen LogP contribution in [0.3, 0.4) is 0 Å². The second-order valence-corrected chi connectivity index (χ2v) is 6.63. The zero-order valence-electron chi connectivity index (χ0n) is 17.4. The summed E-state index contributed by atoms with van der Waals surface area (Å²) in [4.78, 5) is 24.0. The summed E-state index contributed by atoms with van der Waals surface area (Å²) < 4.78 is 21.1. The third-order valence-electron chi connectivity index (χ3n) is 4.20. The first-order valence-corrected chi connectivity index (χ1v) is 9.42. The summed E-state index contributed by atoms with van der Waals surface area (Å²) in [7, 11) is 1.45. The minimum atomic E-state index is -0.638. The summed E-state index contributed by atoms with van der Waals surface area (Å²) in [6, 6.07) is 13.7. The van der Waals surface area contributed by atoms with Crippen LogP contribution in [0, 0.1) is 13.8 Å². The van der Waals surface area contributed by atoms with Gasteiger partial charge in [0.05, 0.1) is 19.6 Å². The van der Waals surface area contributed by atoms with Crippen LogP contribution in [0.1, 0.15) is 27.2 Å². The van der Waals surface area contributed by atoms with Crippen LogP contribution in [0.25, 0.3) is 0 Å². The molecule has 160 valence electrons. The zero-order chi connectivity index (χ0) is 22.2. The summed E-state index contributed by atoms with van der Waals surface area (Å²) in [6.45, 7) is 3.75. The number of hydrogen-bond donors (Lipinski definition) is 1. The lowest BCUT2D eigenvalue weighted by Gasteiger charge is -2.09. The van der Waals surface area contributed by atoms with Crippen LogP contribution < -0.4 is 19.6 Å². The van der Waals surface area contributed by atoms with E-state index in [2.05, 4.69) is 10.5 Å². The van der Waals surface area contributed by atoms with Crippen LogP contribution in [0.2, 0.25) is 0 Å². The summed E-state index contributed by atoms with van der Waals surface area (Å²) >= 11 is 0. The Morgan fingerprint density at radius 2 is 1.87 bits per heavy atom. The minimum absolute atomic E-state index is 0.0819. The summed E-state index contributed by atoms with van der Waals surface area (Å²) in [5, 5.41) is 3.91. The Hall–Kier alpha value is -4.07. The lowest BCUT2D eigenvalue weighted by Crippen LogP contribution is -2.24. The molecule has 0 saturated heterocycles. The Morgan fingerprint density at radius 1 is 1.06 bits per heavy atom. The third kappa shape index (κ3) is 5.96. The molecule has 0 aliphatic heterocycles. The Bertz CT molecular complexity index is 1090. The second-order valence-electron chi connectivity index (χ2n) is 6.63. The van der Waals surface area contributed by atoms with Crippen molar-refractivity contribution in [2.45, 2.75) is 13.8 Å². The number of carbonyl (C=O) groups is 2. The highest BCUT2D eigenvalue weighted by atomic mass is 16.6. The number of rotatable bonds is 8. The maximum Gasteiger partial charge on any atom is 0.379 e. The first kappa shape index (κ1) is 21.6. The van der Waals surface area contributed by atoms with Crippen molar-refractivity contribution in [3.8, 4) is 17.2 Å². The molecule has 1 aromatic heterocycles. The van der Waals surface area contributed by atoms with E-state index in [9.17, 15) is 9.59 Å². The quantitative estimate of drug-likeness (QED) is 0.257. The van der Waals surface area contributed by atoms with Gasteiger partial charge >= 0.3 is 5.97 Å². The van der Waals surface area contributed by atoms with Crippen LogP contribution >= 0.6 is 0 Å². The molecular weight excluding hydrogens is 400 g/mol. The number of hydrogen-bond acceptors (Lipinski definition) is 7. The molecule has 0 saturated carbocycles. The smallest absolute Gasteiger partial charge is 0.379 e. The van der Waals surface area contributed by atoms with E-state index < -0.39 is 11.9 Å². The van der Waals surface area contributed by atoms with Gasteiger partial charge in [0.25, 0.3) is 5.91 Å². The molecule has 3 rings (SSSR count). The average Bonchev–Trinajstić information content (AvgIpc) is 3.29. The van der Waals surface area contributed by atoms with E-state index in [1.807, 2.05) is 32.0 Å². The van der Waals surface area contributed by atoms with Gasteiger partial charge in [-0.1, -0.05) is 17.7 Å². The molecule has 1 amide bonds. The largest absolute Gasteiger partial charge is 0.493 e. The molecule has 3 aromatic rings. The van der Waals surface area contributed by atoms with Gasteiger partial charge in [0.15, 0.2) is 18.1 Å². The third-order valence-corrected chi connectivity index (χ3v) is 4.20. The molecule has 1 N–H and O–H groups in total. The highest BCUT2D eigenvalue weighted by Crippen LogP contribution is 2.28. The monoisotopic (exact) mass is 422 g/mol. The van der Waals surface area contributed by atoms with Crippen molar-refractivity contribution in [3.05, 3.63) is 77.2 Å². The maximum absolute atomic E-state index is 12.0. The van der Waals surface area contributed by atoms with Crippen molar-refractivity contribution in [3.63, 3.8) is 0 Å². The van der Waals surface area contributed by atoms with Gasteiger partial charge in [-0.3, -0.25) is 4.79 Å². The minimum Gasteiger partial charge on any atom is -0.493 e. The number of benzene rings is 2. The molecule has 0 spiro atoms. The summed E-state index contributed by atoms with van der Waals surface area (Å²) in [5.41, 5.74) is 5.11. The number of methoxy groups -OCH3 is 1. The van der Waals surface area contributed by atoms with Crippen molar-refractivity contribution in [2.75, 3.05) is 13.7 Å². The predicted molar refractivity (Wildman–Crippen MR) is 114 cm³/mol. The number of amides is 1. The van der Waals surface area contributed by atoms with E-state index in [4.69, 9.17) is 18.6 Å². The summed E-state index contributed by atoms with van der Waals surface area (Å²) in [5.74, 6) is 0.251. The van der Waals surface area contributed by atoms with Crippen LogP contribution in [-0.4, -0.2) is 31.8 Å². The lowest BCUT2D eigenvalue weighted by molar-refractivity contribution is -0.123. The molecule has 0 unspecified atom stereocenters. The van der Waals surface area contributed by atoms with E-state index in [1.54, 1.807) is 24.3 Å². The van der Waals surface area contributed by atoms with Gasteiger partial charge in [-0.05, 0) is 61.4 Å². The number of nitrogens with one attached hydrogen (secondary N) is 1. The van der Waals surface area contributed by atoms with Crippen molar-refractivity contribution in [1.82, 2.24) is 5.43 Å². The maximum atomic E-state index is 12.0. The van der Waals surface area contributed by atoms with Gasteiger partial charge in [-0.25, -0.2) is 10.2 Å². The first-order valence-electron chi connectivity index (χ1n) is 9.42. The van der Waals surface area contributed by atoms with Gasteiger partial charge in [0.2, 0.25) is 5.76 Å². The Labute approximate surface area is 179 Å². The molecule has 1 heterocycles. The van der Waals surface area contributed by atoms with E-state index >= 15 is 0 Å². The zero-order valence-corrected chi connectivity index (χ0v) is 17.4. The van der Waals surface area contributed by atoms with E-state index in [1.165, 1.54) is 25.7 Å². The van der Waals surface area contributed by atoms with E-state index in [-0.39, 0.29) is 18.1 Å². The highest BCUT2D eigenvalue weighted by molar-refractivity contribution is 5.89. The number of furan rings is 1. The molecular formula is C23H22N2O6. The van der Waals surface area contributed by atoms with Crippen LogP contribution in [-0.2, 0) is 4.79 Å². The number of nitrogens with zero attached hydrogens (tertiary/aromatic N) is 1. The first-order chi connectivity index (χ1) is 15.0. The average molecular weight is 422 g/mol. The number of hydrazone groups is 1. The normalized spacial score (nSPS) is 10.7. The van der Waals surface area contributed by atoms with Gasteiger partial charge in [0.1, 0.15) is 5.75 Å². The molecule has 0 atom stereocenters. The second kappa shape index (κ2) is 10.1. The molecule has 8 heteroatoms. The molecule has 8 nitrogen and oxygen atoms in total. The van der Waals surface area contributed by atoms with Gasteiger partial charge in [0, 0.05) is 0 Å². The topological polar surface area (TPSA) is 99.4 Å². The lowest BCUT2D eigenvalue weighted by atomic mass is 10.1. The van der Waals surface area contributed by atoms with Crippen molar-refractivity contribution < 1.29 is 28.2 Å². The summed E-state index contributed by atoms with van der Waals surface area (Å²) in [6.07, 6.45) is 2.82. The number of ether oxygens (including phenoxy) is 3. The number of esters is 1. The number of aryl methyl sites for hydroxylation is 2.